The predicted octanol–water partition coefficient (Wildman–Crippen LogP) is 6.99. The van der Waals surface area contributed by atoms with Crippen LogP contribution in [0.1, 0.15) is 16.7 Å². The summed E-state index contributed by atoms with van der Waals surface area (Å²) >= 11 is 14.3. The number of carbonyl (C=O) groups excluding carboxylic acids is 1. The van der Waals surface area contributed by atoms with E-state index in [2.05, 4.69) is 32.9 Å². The van der Waals surface area contributed by atoms with Gasteiger partial charge in [-0.2, -0.15) is 0 Å². The van der Waals surface area contributed by atoms with E-state index in [1.54, 1.807) is 31.5 Å². The number of amides is 1. The number of carbonyl (C=O) groups is 1. The summed E-state index contributed by atoms with van der Waals surface area (Å²) in [6, 6.07) is 14.6. The first kappa shape index (κ1) is 24.4. The number of hydrogen-bond donors (Lipinski definition) is 1. The standard InChI is InChI=1S/C24H21Cl2IN2O3/c1-14-5-7-18(11-19(14)26)29-23(30)13-32-24-20(27)8-16(9-22(24)31-3)12-28-21-10-17(25)6-4-15(21)2/h4-12H,13H2,1-3H3,(H,29,30). The van der Waals surface area contributed by atoms with Gasteiger partial charge in [0.2, 0.25) is 0 Å². The fraction of sp³-hybridized carbons (Fsp3) is 0.167. The van der Waals surface area contributed by atoms with E-state index in [1.165, 1.54) is 0 Å². The van der Waals surface area contributed by atoms with Crippen LogP contribution in [0.5, 0.6) is 11.5 Å². The van der Waals surface area contributed by atoms with E-state index in [4.69, 9.17) is 32.7 Å². The molecule has 0 aliphatic heterocycles. The topological polar surface area (TPSA) is 59.9 Å². The van der Waals surface area contributed by atoms with Crippen LogP contribution < -0.4 is 14.8 Å². The van der Waals surface area contributed by atoms with Gasteiger partial charge in [-0.15, -0.1) is 0 Å². The van der Waals surface area contributed by atoms with Crippen LogP contribution in [0.15, 0.2) is 53.5 Å². The van der Waals surface area contributed by atoms with E-state index in [0.717, 1.165) is 25.9 Å². The number of aryl methyl sites for hydroxylation is 2. The number of rotatable bonds is 7. The molecule has 8 heteroatoms. The molecule has 0 bridgehead atoms. The number of aliphatic imine (C=N–C) groups is 1. The van der Waals surface area contributed by atoms with Crippen LogP contribution in [0.2, 0.25) is 10.0 Å². The summed E-state index contributed by atoms with van der Waals surface area (Å²) in [5, 5.41) is 3.99. The number of nitrogens with zero attached hydrogens (tertiary/aromatic N) is 1. The zero-order valence-corrected chi connectivity index (χ0v) is 21.4. The normalized spacial score (nSPS) is 10.9. The van der Waals surface area contributed by atoms with Gasteiger partial charge in [0.05, 0.1) is 16.4 Å². The molecule has 166 valence electrons. The maximum absolute atomic E-state index is 12.3. The highest BCUT2D eigenvalue weighted by atomic mass is 127. The molecule has 0 unspecified atom stereocenters. The second-order valence-electron chi connectivity index (χ2n) is 7.02. The van der Waals surface area contributed by atoms with Crippen LogP contribution in [-0.4, -0.2) is 25.8 Å². The molecule has 0 spiro atoms. The molecule has 0 heterocycles. The number of hydrogen-bond acceptors (Lipinski definition) is 4. The lowest BCUT2D eigenvalue weighted by atomic mass is 10.2. The maximum atomic E-state index is 12.3. The summed E-state index contributed by atoms with van der Waals surface area (Å²) in [5.74, 6) is 0.693. The van der Waals surface area contributed by atoms with Crippen molar-refractivity contribution in [3.05, 3.63) is 78.8 Å². The van der Waals surface area contributed by atoms with Crippen molar-refractivity contribution in [3.63, 3.8) is 0 Å². The molecule has 32 heavy (non-hydrogen) atoms. The van der Waals surface area contributed by atoms with Crippen LogP contribution in [0.4, 0.5) is 11.4 Å². The first-order chi connectivity index (χ1) is 15.3. The molecule has 3 aromatic carbocycles. The minimum Gasteiger partial charge on any atom is -0.493 e. The van der Waals surface area contributed by atoms with Crippen molar-refractivity contribution in [1.82, 2.24) is 0 Å². The van der Waals surface area contributed by atoms with E-state index in [9.17, 15) is 4.79 Å². The summed E-state index contributed by atoms with van der Waals surface area (Å²) in [6.45, 7) is 3.70. The number of anilines is 1. The van der Waals surface area contributed by atoms with Gasteiger partial charge in [0.15, 0.2) is 18.1 Å². The molecule has 0 atom stereocenters. The van der Waals surface area contributed by atoms with Gasteiger partial charge in [-0.3, -0.25) is 9.79 Å². The van der Waals surface area contributed by atoms with Gasteiger partial charge in [0, 0.05) is 21.9 Å². The van der Waals surface area contributed by atoms with Crippen LogP contribution in [0.3, 0.4) is 0 Å². The average molecular weight is 583 g/mol. The SMILES string of the molecule is COc1cc(C=Nc2cc(Cl)ccc2C)cc(I)c1OCC(=O)Nc1ccc(C)c(Cl)c1. The highest BCUT2D eigenvalue weighted by molar-refractivity contribution is 14.1. The van der Waals surface area contributed by atoms with Crippen LogP contribution >= 0.6 is 45.8 Å². The largest absolute Gasteiger partial charge is 0.493 e. The minimum absolute atomic E-state index is 0.174. The zero-order valence-electron chi connectivity index (χ0n) is 17.7. The van der Waals surface area contributed by atoms with Gasteiger partial charge < -0.3 is 14.8 Å². The first-order valence-electron chi connectivity index (χ1n) is 9.63. The highest BCUT2D eigenvalue weighted by Crippen LogP contribution is 2.34. The fourth-order valence-corrected chi connectivity index (χ4v) is 3.95. The molecule has 3 aromatic rings. The van der Waals surface area contributed by atoms with E-state index in [0.29, 0.717) is 27.2 Å². The first-order valence-corrected chi connectivity index (χ1v) is 11.5. The molecule has 0 aliphatic carbocycles. The fourth-order valence-electron chi connectivity index (χ4n) is 2.83. The predicted molar refractivity (Wildman–Crippen MR) is 139 cm³/mol. The minimum atomic E-state index is -0.301. The van der Waals surface area contributed by atoms with Crippen molar-refractivity contribution < 1.29 is 14.3 Å². The number of halogens is 3. The molecular formula is C24H21Cl2IN2O3. The summed E-state index contributed by atoms with van der Waals surface area (Å²) in [7, 11) is 1.55. The van der Waals surface area contributed by atoms with E-state index in [-0.39, 0.29) is 12.5 Å². The van der Waals surface area contributed by atoms with E-state index >= 15 is 0 Å². The molecule has 0 saturated carbocycles. The summed E-state index contributed by atoms with van der Waals surface area (Å²) in [4.78, 5) is 16.9. The van der Waals surface area contributed by atoms with Gasteiger partial charge in [-0.05, 0) is 89.5 Å². The Hall–Kier alpha value is -2.29. The molecule has 0 saturated heterocycles. The van der Waals surface area contributed by atoms with Gasteiger partial charge in [0.1, 0.15) is 0 Å². The lowest BCUT2D eigenvalue weighted by Crippen LogP contribution is -2.20. The molecule has 3 rings (SSSR count). The van der Waals surface area contributed by atoms with Gasteiger partial charge in [-0.1, -0.05) is 35.3 Å². The van der Waals surface area contributed by atoms with Gasteiger partial charge in [-0.25, -0.2) is 0 Å². The lowest BCUT2D eigenvalue weighted by Gasteiger charge is -2.14. The summed E-state index contributed by atoms with van der Waals surface area (Å²) in [6.07, 6.45) is 1.74. The Labute approximate surface area is 210 Å². The molecule has 0 radical (unpaired) electrons. The van der Waals surface area contributed by atoms with E-state index < -0.39 is 0 Å². The second-order valence-corrected chi connectivity index (χ2v) is 9.03. The zero-order chi connectivity index (χ0) is 23.3. The quantitative estimate of drug-likeness (QED) is 0.241. The summed E-state index contributed by atoms with van der Waals surface area (Å²) in [5.41, 5.74) is 4.19. The molecule has 1 N–H and O–H groups in total. The number of ether oxygens (including phenoxy) is 2. The van der Waals surface area contributed by atoms with Crippen molar-refractivity contribution in [2.45, 2.75) is 13.8 Å². The lowest BCUT2D eigenvalue weighted by molar-refractivity contribution is -0.118. The second kappa shape index (κ2) is 11.0. The van der Waals surface area contributed by atoms with Crippen molar-refractivity contribution in [2.75, 3.05) is 19.0 Å². The molecule has 5 nitrogen and oxygen atoms in total. The Morgan fingerprint density at radius 2 is 1.84 bits per heavy atom. The van der Waals surface area contributed by atoms with Crippen LogP contribution in [0, 0.1) is 17.4 Å². The maximum Gasteiger partial charge on any atom is 0.262 e. The monoisotopic (exact) mass is 582 g/mol. The molecular weight excluding hydrogens is 562 g/mol. The van der Waals surface area contributed by atoms with Crippen molar-refractivity contribution in [2.24, 2.45) is 4.99 Å². The number of nitrogens with one attached hydrogen (secondary N) is 1. The Morgan fingerprint density at radius 3 is 2.56 bits per heavy atom. The van der Waals surface area contributed by atoms with Gasteiger partial charge >= 0.3 is 0 Å². The van der Waals surface area contributed by atoms with Crippen LogP contribution in [0.25, 0.3) is 0 Å². The van der Waals surface area contributed by atoms with Gasteiger partial charge in [0.25, 0.3) is 5.91 Å². The van der Waals surface area contributed by atoms with Crippen molar-refractivity contribution in [3.8, 4) is 11.5 Å². The molecule has 1 amide bonds. The highest BCUT2D eigenvalue weighted by Gasteiger charge is 2.14. The third-order valence-corrected chi connectivity index (χ3v) is 6.02. The molecule has 0 aromatic heterocycles. The number of methoxy groups -OCH3 is 1. The Balaban J connectivity index is 1.72. The summed E-state index contributed by atoms with van der Waals surface area (Å²) < 4.78 is 12.0. The third kappa shape index (κ3) is 6.37. The Kier molecular flexibility index (Phi) is 8.39. The number of benzene rings is 3. The van der Waals surface area contributed by atoms with E-state index in [1.807, 2.05) is 44.2 Å². The third-order valence-electron chi connectivity index (χ3n) is 4.58. The molecule has 0 aliphatic rings. The van der Waals surface area contributed by atoms with Crippen LogP contribution in [-0.2, 0) is 4.79 Å². The average Bonchev–Trinajstić information content (AvgIpc) is 2.75. The Bertz CT molecular complexity index is 1180. The van der Waals surface area contributed by atoms with Crippen molar-refractivity contribution in [1.29, 1.82) is 0 Å². The smallest absolute Gasteiger partial charge is 0.262 e. The Morgan fingerprint density at radius 1 is 1.09 bits per heavy atom. The molecule has 0 fully saturated rings. The van der Waals surface area contributed by atoms with Crippen molar-refractivity contribution >= 4 is 69.3 Å².